The number of benzene rings is 3. The second kappa shape index (κ2) is 14.7. The summed E-state index contributed by atoms with van der Waals surface area (Å²) in [7, 11) is -1.36. The van der Waals surface area contributed by atoms with Crippen LogP contribution in [0.5, 0.6) is 11.5 Å². The van der Waals surface area contributed by atoms with Crippen molar-refractivity contribution in [2.45, 2.75) is 58.0 Å². The number of nitrogens with zero attached hydrogens (tertiary/aromatic N) is 2. The molecule has 0 heterocycles. The topological polar surface area (TPSA) is 105 Å². The first-order valence-electron chi connectivity index (χ1n) is 14.0. The first-order valence-corrected chi connectivity index (χ1v) is 15.4. The van der Waals surface area contributed by atoms with Crippen molar-refractivity contribution in [2.24, 2.45) is 0 Å². The molecule has 0 unspecified atom stereocenters. The Labute approximate surface area is 249 Å². The third kappa shape index (κ3) is 7.61. The average Bonchev–Trinajstić information content (AvgIpc) is 2.99. The lowest BCUT2D eigenvalue weighted by Gasteiger charge is -2.33. The van der Waals surface area contributed by atoms with Crippen molar-refractivity contribution in [3.8, 4) is 11.5 Å². The van der Waals surface area contributed by atoms with Crippen molar-refractivity contribution in [3.63, 3.8) is 0 Å². The predicted molar refractivity (Wildman–Crippen MR) is 164 cm³/mol. The van der Waals surface area contributed by atoms with E-state index in [4.69, 9.17) is 9.47 Å². The second-order valence-electron chi connectivity index (χ2n) is 10.0. The monoisotopic (exact) mass is 595 g/mol. The largest absolute Gasteiger partial charge is 0.493 e. The molecule has 0 saturated carbocycles. The lowest BCUT2D eigenvalue weighted by molar-refractivity contribution is -0.140. The van der Waals surface area contributed by atoms with Gasteiger partial charge in [0.25, 0.3) is 10.0 Å². The zero-order valence-corrected chi connectivity index (χ0v) is 26.0. The minimum Gasteiger partial charge on any atom is -0.493 e. The molecule has 0 aromatic heterocycles. The number of nitrogens with one attached hydrogen (secondary N) is 1. The van der Waals surface area contributed by atoms with Crippen LogP contribution in [0.1, 0.15) is 43.4 Å². The summed E-state index contributed by atoms with van der Waals surface area (Å²) in [4.78, 5) is 28.8. The van der Waals surface area contributed by atoms with Crippen LogP contribution in [0.2, 0.25) is 0 Å². The van der Waals surface area contributed by atoms with Gasteiger partial charge >= 0.3 is 0 Å². The van der Waals surface area contributed by atoms with Gasteiger partial charge in [0.15, 0.2) is 11.5 Å². The minimum atomic E-state index is -4.25. The van der Waals surface area contributed by atoms with E-state index in [0.29, 0.717) is 24.4 Å². The summed E-state index contributed by atoms with van der Waals surface area (Å²) in [5.41, 5.74) is 3.10. The third-order valence-corrected chi connectivity index (χ3v) is 8.85. The summed E-state index contributed by atoms with van der Waals surface area (Å²) < 4.78 is 40.0. The van der Waals surface area contributed by atoms with Crippen LogP contribution in [0, 0.1) is 13.8 Å². The highest BCUT2D eigenvalue weighted by Crippen LogP contribution is 2.32. The Bertz CT molecular complexity index is 1470. The van der Waals surface area contributed by atoms with Gasteiger partial charge in [-0.1, -0.05) is 55.8 Å². The number of sulfonamides is 1. The van der Waals surface area contributed by atoms with Crippen molar-refractivity contribution in [3.05, 3.63) is 83.4 Å². The highest BCUT2D eigenvalue weighted by molar-refractivity contribution is 7.92. The van der Waals surface area contributed by atoms with E-state index < -0.39 is 28.5 Å². The van der Waals surface area contributed by atoms with Crippen LogP contribution >= 0.6 is 0 Å². The van der Waals surface area contributed by atoms with Gasteiger partial charge in [0, 0.05) is 19.2 Å². The van der Waals surface area contributed by atoms with Gasteiger partial charge in [0.05, 0.1) is 24.8 Å². The summed E-state index contributed by atoms with van der Waals surface area (Å²) in [5, 5.41) is 2.90. The van der Waals surface area contributed by atoms with Crippen molar-refractivity contribution < 1.29 is 27.5 Å². The maximum atomic E-state index is 14.2. The van der Waals surface area contributed by atoms with Crippen molar-refractivity contribution >= 4 is 27.5 Å². The fourth-order valence-corrected chi connectivity index (χ4v) is 6.03. The Balaban J connectivity index is 2.10. The van der Waals surface area contributed by atoms with Gasteiger partial charge in [0.2, 0.25) is 11.8 Å². The van der Waals surface area contributed by atoms with Gasteiger partial charge < -0.3 is 19.7 Å². The summed E-state index contributed by atoms with van der Waals surface area (Å²) >= 11 is 0. The quantitative estimate of drug-likeness (QED) is 0.286. The molecule has 3 aromatic rings. The van der Waals surface area contributed by atoms with Gasteiger partial charge in [-0.05, 0) is 62.1 Å². The summed E-state index contributed by atoms with van der Waals surface area (Å²) in [6.07, 6.45) is 1.11. The van der Waals surface area contributed by atoms with Crippen LogP contribution < -0.4 is 19.1 Å². The van der Waals surface area contributed by atoms with E-state index in [1.54, 1.807) is 24.3 Å². The number of amides is 2. The second-order valence-corrected chi connectivity index (χ2v) is 11.9. The Kier molecular flexibility index (Phi) is 11.4. The first kappa shape index (κ1) is 32.5. The van der Waals surface area contributed by atoms with Crippen LogP contribution in [-0.2, 0) is 26.2 Å². The Morgan fingerprint density at radius 2 is 1.57 bits per heavy atom. The number of carbonyl (C=O) groups excluding carboxylic acids is 2. The molecule has 0 aliphatic carbocycles. The number of anilines is 1. The SMILES string of the molecule is CCCNC(=O)[C@H](CC)N(Cc1ccccc1C)C(=O)CN(c1ccc(C)cc1)S(=O)(=O)c1ccc(OC)c(OC)c1. The molecule has 226 valence electrons. The molecule has 1 atom stereocenters. The molecule has 3 rings (SSSR count). The molecule has 9 nitrogen and oxygen atoms in total. The van der Waals surface area contributed by atoms with E-state index >= 15 is 0 Å². The maximum absolute atomic E-state index is 14.2. The number of rotatable bonds is 14. The predicted octanol–water partition coefficient (Wildman–Crippen LogP) is 4.85. The zero-order chi connectivity index (χ0) is 30.9. The van der Waals surface area contributed by atoms with Crippen molar-refractivity contribution in [2.75, 3.05) is 31.6 Å². The molecule has 0 spiro atoms. The van der Waals surface area contributed by atoms with Gasteiger partial charge in [-0.3, -0.25) is 13.9 Å². The number of hydrogen-bond acceptors (Lipinski definition) is 6. The Hall–Kier alpha value is -4.05. The lowest BCUT2D eigenvalue weighted by Crippen LogP contribution is -2.52. The zero-order valence-electron chi connectivity index (χ0n) is 25.2. The molecule has 0 saturated heterocycles. The summed E-state index contributed by atoms with van der Waals surface area (Å²) in [6, 6.07) is 18.1. The molecular weight excluding hydrogens is 554 g/mol. The van der Waals surface area contributed by atoms with E-state index in [1.165, 1.54) is 37.3 Å². The van der Waals surface area contributed by atoms with Crippen LogP contribution in [0.25, 0.3) is 0 Å². The Morgan fingerprint density at radius 1 is 0.905 bits per heavy atom. The van der Waals surface area contributed by atoms with Gasteiger partial charge in [-0.25, -0.2) is 8.42 Å². The molecule has 10 heteroatoms. The standard InChI is InChI=1S/C32H41N3O6S/c1-7-19-33-32(37)28(8-2)34(21-25-12-10-9-11-24(25)4)31(36)22-35(26-15-13-23(3)14-16-26)42(38,39)27-17-18-29(40-5)30(20-27)41-6/h9-18,20,28H,7-8,19,21-22H2,1-6H3,(H,33,37)/t28-/m0/s1. The molecule has 1 N–H and O–H groups in total. The molecular formula is C32H41N3O6S. The third-order valence-electron chi connectivity index (χ3n) is 7.08. The summed E-state index contributed by atoms with van der Waals surface area (Å²) in [6.45, 7) is 7.75. The highest BCUT2D eigenvalue weighted by Gasteiger charge is 2.34. The molecule has 0 aliphatic rings. The molecule has 3 aromatic carbocycles. The van der Waals surface area contributed by atoms with E-state index in [-0.39, 0.29) is 23.1 Å². The number of methoxy groups -OCH3 is 2. The fourth-order valence-electron chi connectivity index (χ4n) is 4.60. The molecule has 0 radical (unpaired) electrons. The molecule has 0 fully saturated rings. The normalized spacial score (nSPS) is 11.9. The van der Waals surface area contributed by atoms with Crippen molar-refractivity contribution in [1.82, 2.24) is 10.2 Å². The molecule has 2 amide bonds. The highest BCUT2D eigenvalue weighted by atomic mass is 32.2. The molecule has 0 bridgehead atoms. The van der Waals surface area contributed by atoms with E-state index in [1.807, 2.05) is 52.0 Å². The number of aryl methyl sites for hydroxylation is 2. The fraction of sp³-hybridized carbons (Fsp3) is 0.375. The maximum Gasteiger partial charge on any atom is 0.264 e. The van der Waals surface area contributed by atoms with Crippen LogP contribution in [-0.4, -0.2) is 58.5 Å². The van der Waals surface area contributed by atoms with Gasteiger partial charge in [-0.2, -0.15) is 0 Å². The van der Waals surface area contributed by atoms with Gasteiger partial charge in [0.1, 0.15) is 12.6 Å². The van der Waals surface area contributed by atoms with E-state index in [9.17, 15) is 18.0 Å². The number of carbonyl (C=O) groups is 2. The van der Waals surface area contributed by atoms with Crippen LogP contribution in [0.15, 0.2) is 71.6 Å². The molecule has 0 aliphatic heterocycles. The molecule has 42 heavy (non-hydrogen) atoms. The van der Waals surface area contributed by atoms with E-state index in [2.05, 4.69) is 5.32 Å². The van der Waals surface area contributed by atoms with E-state index in [0.717, 1.165) is 27.4 Å². The summed E-state index contributed by atoms with van der Waals surface area (Å²) in [5.74, 6) is -0.149. The number of ether oxygens (including phenoxy) is 2. The van der Waals surface area contributed by atoms with Crippen molar-refractivity contribution in [1.29, 1.82) is 0 Å². The minimum absolute atomic E-state index is 0.0632. The number of hydrogen-bond donors (Lipinski definition) is 1. The Morgan fingerprint density at radius 3 is 2.17 bits per heavy atom. The lowest BCUT2D eigenvalue weighted by atomic mass is 10.1. The average molecular weight is 596 g/mol. The smallest absolute Gasteiger partial charge is 0.264 e. The van der Waals surface area contributed by atoms with Gasteiger partial charge in [-0.15, -0.1) is 0 Å². The van der Waals surface area contributed by atoms with Crippen LogP contribution in [0.4, 0.5) is 5.69 Å². The first-order chi connectivity index (χ1) is 20.1. The van der Waals surface area contributed by atoms with Crippen LogP contribution in [0.3, 0.4) is 0 Å².